The van der Waals surface area contributed by atoms with E-state index in [2.05, 4.69) is 5.32 Å². The van der Waals surface area contributed by atoms with Gasteiger partial charge in [0.2, 0.25) is 0 Å². The Bertz CT molecular complexity index is 672. The molecular weight excluding hydrogens is 306 g/mol. The smallest absolute Gasteiger partial charge is 0.325 e. The Hall–Kier alpha value is -3.10. The number of aliphatic carboxylic acids is 1. The van der Waals surface area contributed by atoms with Crippen LogP contribution in [0.15, 0.2) is 24.3 Å². The van der Waals surface area contributed by atoms with E-state index in [0.717, 1.165) is 0 Å². The van der Waals surface area contributed by atoms with Crippen LogP contribution in [0.25, 0.3) is 0 Å². The van der Waals surface area contributed by atoms with Gasteiger partial charge < -0.3 is 20.9 Å². The predicted octanol–water partition coefficient (Wildman–Crippen LogP) is -0.598. The molecule has 0 aromatic heterocycles. The van der Waals surface area contributed by atoms with E-state index in [1.807, 2.05) is 0 Å². The van der Waals surface area contributed by atoms with Crippen molar-refractivity contribution in [1.29, 1.82) is 0 Å². The third-order valence-electron chi connectivity index (χ3n) is 3.38. The van der Waals surface area contributed by atoms with E-state index in [4.69, 9.17) is 15.6 Å². The van der Waals surface area contributed by atoms with Gasteiger partial charge in [-0.05, 0) is 24.6 Å². The summed E-state index contributed by atoms with van der Waals surface area (Å²) in [4.78, 5) is 46.2. The SMILES string of the molecule is C[C@@]1(c2ccc(OCC(N)=O)cc2)NC(=O)N(CC(=O)O)C1=O. The Morgan fingerprint density at radius 1 is 1.30 bits per heavy atom. The minimum atomic E-state index is -1.37. The van der Waals surface area contributed by atoms with Crippen molar-refractivity contribution in [3.8, 4) is 5.75 Å². The number of rotatable bonds is 6. The second-order valence-corrected chi connectivity index (χ2v) is 5.12. The molecule has 1 heterocycles. The zero-order chi connectivity index (χ0) is 17.2. The van der Waals surface area contributed by atoms with Gasteiger partial charge in [-0.25, -0.2) is 4.79 Å². The second-order valence-electron chi connectivity index (χ2n) is 5.12. The zero-order valence-electron chi connectivity index (χ0n) is 12.2. The van der Waals surface area contributed by atoms with Crippen LogP contribution in [-0.4, -0.2) is 47.0 Å². The number of carbonyl (C=O) groups is 4. The molecule has 122 valence electrons. The van der Waals surface area contributed by atoms with Crippen molar-refractivity contribution >= 4 is 23.8 Å². The van der Waals surface area contributed by atoms with Crippen molar-refractivity contribution in [3.05, 3.63) is 29.8 Å². The van der Waals surface area contributed by atoms with Crippen LogP contribution in [0, 0.1) is 0 Å². The first kappa shape index (κ1) is 16.3. The van der Waals surface area contributed by atoms with Gasteiger partial charge in [0.05, 0.1) is 0 Å². The molecule has 1 atom stereocenters. The first-order chi connectivity index (χ1) is 10.7. The number of primary amides is 1. The summed E-state index contributed by atoms with van der Waals surface area (Å²) in [5.74, 6) is -2.19. The standard InChI is InChI=1S/C14H15N3O6/c1-14(12(21)17(6-11(19)20)13(22)16-14)8-2-4-9(5-3-8)23-7-10(15)18/h2-5H,6-7H2,1H3,(H2,15,18)(H,16,22)(H,19,20)/t14-/m0/s1. The molecule has 0 bridgehead atoms. The van der Waals surface area contributed by atoms with Gasteiger partial charge in [-0.2, -0.15) is 0 Å². The summed E-state index contributed by atoms with van der Waals surface area (Å²) in [7, 11) is 0. The number of carboxylic acids is 1. The van der Waals surface area contributed by atoms with Gasteiger partial charge in [0.25, 0.3) is 11.8 Å². The van der Waals surface area contributed by atoms with E-state index in [-0.39, 0.29) is 6.61 Å². The Balaban J connectivity index is 2.20. The van der Waals surface area contributed by atoms with Crippen LogP contribution < -0.4 is 15.8 Å². The normalized spacial score (nSPS) is 20.3. The van der Waals surface area contributed by atoms with Gasteiger partial charge in [-0.15, -0.1) is 0 Å². The van der Waals surface area contributed by atoms with Gasteiger partial charge in [-0.3, -0.25) is 19.3 Å². The second kappa shape index (κ2) is 5.95. The quantitative estimate of drug-likeness (QED) is 0.598. The molecular formula is C14H15N3O6. The highest BCUT2D eigenvalue weighted by Gasteiger charge is 2.49. The number of benzene rings is 1. The molecule has 0 radical (unpaired) electrons. The zero-order valence-corrected chi connectivity index (χ0v) is 12.2. The van der Waals surface area contributed by atoms with E-state index in [1.54, 1.807) is 12.1 Å². The van der Waals surface area contributed by atoms with E-state index >= 15 is 0 Å². The molecule has 9 nitrogen and oxygen atoms in total. The number of carbonyl (C=O) groups excluding carboxylic acids is 3. The fourth-order valence-electron chi connectivity index (χ4n) is 2.21. The van der Waals surface area contributed by atoms with Crippen molar-refractivity contribution in [1.82, 2.24) is 10.2 Å². The third kappa shape index (κ3) is 3.23. The minimum Gasteiger partial charge on any atom is -0.484 e. The molecule has 4 amide bonds. The summed E-state index contributed by atoms with van der Waals surface area (Å²) in [6, 6.07) is 5.34. The number of imide groups is 1. The highest BCUT2D eigenvalue weighted by molar-refractivity contribution is 6.08. The lowest BCUT2D eigenvalue weighted by Gasteiger charge is -2.22. The molecule has 1 aromatic rings. The number of nitrogens with two attached hydrogens (primary N) is 1. The molecule has 2 rings (SSSR count). The molecule has 23 heavy (non-hydrogen) atoms. The molecule has 1 aliphatic rings. The fraction of sp³-hybridized carbons (Fsp3) is 0.286. The predicted molar refractivity (Wildman–Crippen MR) is 76.4 cm³/mol. The van der Waals surface area contributed by atoms with Crippen molar-refractivity contribution < 1.29 is 29.0 Å². The summed E-state index contributed by atoms with van der Waals surface area (Å²) >= 11 is 0. The maximum absolute atomic E-state index is 12.4. The van der Waals surface area contributed by atoms with Crippen molar-refractivity contribution in [2.45, 2.75) is 12.5 Å². The maximum atomic E-state index is 12.4. The number of nitrogens with one attached hydrogen (secondary N) is 1. The van der Waals surface area contributed by atoms with Crippen LogP contribution >= 0.6 is 0 Å². The number of hydrogen-bond acceptors (Lipinski definition) is 5. The van der Waals surface area contributed by atoms with Crippen LogP contribution in [0.5, 0.6) is 5.75 Å². The molecule has 0 saturated carbocycles. The molecule has 0 unspecified atom stereocenters. The van der Waals surface area contributed by atoms with Gasteiger partial charge in [0, 0.05) is 0 Å². The van der Waals surface area contributed by atoms with Gasteiger partial charge in [0.15, 0.2) is 6.61 Å². The lowest BCUT2D eigenvalue weighted by molar-refractivity contribution is -0.142. The summed E-state index contributed by atoms with van der Waals surface area (Å²) < 4.78 is 5.10. The van der Waals surface area contributed by atoms with Crippen LogP contribution in [0.2, 0.25) is 0 Å². The lowest BCUT2D eigenvalue weighted by Crippen LogP contribution is -2.41. The number of carboxylic acid groups (broad SMARTS) is 1. The van der Waals surface area contributed by atoms with Crippen LogP contribution in [0.3, 0.4) is 0 Å². The van der Waals surface area contributed by atoms with Crippen molar-refractivity contribution in [2.75, 3.05) is 13.2 Å². The number of nitrogens with zero attached hydrogens (tertiary/aromatic N) is 1. The number of hydrogen-bond donors (Lipinski definition) is 3. The first-order valence-electron chi connectivity index (χ1n) is 6.61. The molecule has 1 aromatic carbocycles. The van der Waals surface area contributed by atoms with Gasteiger partial charge >= 0.3 is 12.0 Å². The minimum absolute atomic E-state index is 0.279. The summed E-state index contributed by atoms with van der Waals surface area (Å²) in [5, 5.41) is 11.2. The fourth-order valence-corrected chi connectivity index (χ4v) is 2.21. The Morgan fingerprint density at radius 3 is 2.43 bits per heavy atom. The molecule has 0 spiro atoms. The largest absolute Gasteiger partial charge is 0.484 e. The number of amides is 4. The topological polar surface area (TPSA) is 139 Å². The molecule has 4 N–H and O–H groups in total. The monoisotopic (exact) mass is 321 g/mol. The number of ether oxygens (including phenoxy) is 1. The van der Waals surface area contributed by atoms with E-state index in [0.29, 0.717) is 16.2 Å². The van der Waals surface area contributed by atoms with Gasteiger partial charge in [-0.1, -0.05) is 12.1 Å². The highest BCUT2D eigenvalue weighted by Crippen LogP contribution is 2.29. The summed E-state index contributed by atoms with van der Waals surface area (Å²) in [6.45, 7) is 0.493. The molecule has 1 saturated heterocycles. The van der Waals surface area contributed by atoms with Crippen LogP contribution in [0.4, 0.5) is 4.79 Å². The molecule has 0 aliphatic carbocycles. The van der Waals surface area contributed by atoms with E-state index in [1.165, 1.54) is 19.1 Å². The molecule has 9 heteroatoms. The summed E-state index contributed by atoms with van der Waals surface area (Å²) in [6.07, 6.45) is 0. The van der Waals surface area contributed by atoms with Gasteiger partial charge in [0.1, 0.15) is 17.8 Å². The first-order valence-corrected chi connectivity index (χ1v) is 6.61. The van der Waals surface area contributed by atoms with Crippen LogP contribution in [0.1, 0.15) is 12.5 Å². The number of urea groups is 1. The lowest BCUT2D eigenvalue weighted by atomic mass is 9.92. The Kier molecular flexibility index (Phi) is 4.21. The average Bonchev–Trinajstić information content (AvgIpc) is 2.70. The van der Waals surface area contributed by atoms with Crippen LogP contribution in [-0.2, 0) is 19.9 Å². The Labute approximate surface area is 131 Å². The van der Waals surface area contributed by atoms with Crippen molar-refractivity contribution in [2.24, 2.45) is 5.73 Å². The summed E-state index contributed by atoms with van der Waals surface area (Å²) in [5.41, 5.74) is 4.06. The highest BCUT2D eigenvalue weighted by atomic mass is 16.5. The van der Waals surface area contributed by atoms with E-state index in [9.17, 15) is 19.2 Å². The average molecular weight is 321 g/mol. The van der Waals surface area contributed by atoms with Crippen molar-refractivity contribution in [3.63, 3.8) is 0 Å². The molecule has 1 fully saturated rings. The van der Waals surface area contributed by atoms with E-state index < -0.39 is 35.9 Å². The molecule has 1 aliphatic heterocycles. The Morgan fingerprint density at radius 2 is 1.91 bits per heavy atom. The maximum Gasteiger partial charge on any atom is 0.325 e. The third-order valence-corrected chi connectivity index (χ3v) is 3.38.